The molecule has 1 rings (SSSR count). The lowest BCUT2D eigenvalue weighted by Gasteiger charge is -2.35. The smallest absolute Gasteiger partial charge is 0.323 e. The fourth-order valence-corrected chi connectivity index (χ4v) is 3.41. The molecule has 0 radical (unpaired) electrons. The number of carbonyl (C=O) groups is 1. The molecule has 0 spiro atoms. The molecule has 1 unspecified atom stereocenters. The van der Waals surface area contributed by atoms with Gasteiger partial charge >= 0.3 is 5.97 Å². The van der Waals surface area contributed by atoms with Crippen molar-refractivity contribution < 1.29 is 18.3 Å². The largest absolute Gasteiger partial charge is 0.480 e. The van der Waals surface area contributed by atoms with E-state index in [0.29, 0.717) is 32.1 Å². The molecule has 1 N–H and O–H groups in total. The maximum Gasteiger partial charge on any atom is 0.323 e. The normalized spacial score (nSPS) is 21.1. The van der Waals surface area contributed by atoms with Crippen LogP contribution in [0.4, 0.5) is 0 Å². The van der Waals surface area contributed by atoms with Crippen molar-refractivity contribution in [1.29, 1.82) is 0 Å². The molecule has 1 aliphatic rings. The molecule has 1 fully saturated rings. The van der Waals surface area contributed by atoms with E-state index in [4.69, 9.17) is 5.11 Å². The van der Waals surface area contributed by atoms with Crippen LogP contribution in [0.25, 0.3) is 0 Å². The van der Waals surface area contributed by atoms with Crippen molar-refractivity contribution in [3.63, 3.8) is 0 Å². The van der Waals surface area contributed by atoms with Crippen molar-refractivity contribution in [2.75, 3.05) is 32.7 Å². The van der Waals surface area contributed by atoms with Gasteiger partial charge in [0.05, 0.1) is 0 Å². The van der Waals surface area contributed by atoms with Gasteiger partial charge in [0.15, 0.2) is 5.25 Å². The van der Waals surface area contributed by atoms with Crippen LogP contribution >= 0.6 is 0 Å². The van der Waals surface area contributed by atoms with Gasteiger partial charge in [-0.3, -0.25) is 4.79 Å². The van der Waals surface area contributed by atoms with Gasteiger partial charge in [-0.05, 0) is 12.8 Å². The zero-order valence-electron chi connectivity index (χ0n) is 11.2. The summed E-state index contributed by atoms with van der Waals surface area (Å²) in [7, 11) is -3.71. The van der Waals surface area contributed by atoms with E-state index in [0.717, 1.165) is 6.54 Å². The maximum absolute atomic E-state index is 12.0. The van der Waals surface area contributed by atoms with Gasteiger partial charge in [-0.1, -0.05) is 13.8 Å². The minimum Gasteiger partial charge on any atom is -0.480 e. The van der Waals surface area contributed by atoms with Gasteiger partial charge in [0.2, 0.25) is 10.0 Å². The number of hydrogen-bond donors (Lipinski definition) is 1. The number of carboxylic acid groups (broad SMARTS) is 1. The van der Waals surface area contributed by atoms with Crippen molar-refractivity contribution in [1.82, 2.24) is 9.21 Å². The van der Waals surface area contributed by atoms with Crippen LogP contribution in [0, 0.1) is 5.92 Å². The van der Waals surface area contributed by atoms with E-state index in [2.05, 4.69) is 18.7 Å². The van der Waals surface area contributed by atoms with Crippen LogP contribution in [-0.4, -0.2) is 66.7 Å². The van der Waals surface area contributed by atoms with Gasteiger partial charge in [-0.25, -0.2) is 8.42 Å². The second-order valence-electron chi connectivity index (χ2n) is 5.12. The van der Waals surface area contributed by atoms with Crippen LogP contribution in [0.15, 0.2) is 0 Å². The Hall–Kier alpha value is -0.660. The SMILES string of the molecule is CC(C)CN1CCN(S(=O)(=O)C(C)C(=O)O)CC1. The third kappa shape index (κ3) is 3.66. The van der Waals surface area contributed by atoms with E-state index >= 15 is 0 Å². The zero-order valence-corrected chi connectivity index (χ0v) is 12.0. The highest BCUT2D eigenvalue weighted by atomic mass is 32.2. The Bertz CT molecular complexity index is 386. The lowest BCUT2D eigenvalue weighted by atomic mass is 10.2. The second-order valence-corrected chi connectivity index (χ2v) is 7.37. The molecular weight excluding hydrogens is 256 g/mol. The highest BCUT2D eigenvalue weighted by Gasteiger charge is 2.35. The molecule has 0 saturated carbocycles. The van der Waals surface area contributed by atoms with Crippen molar-refractivity contribution in [2.24, 2.45) is 5.92 Å². The predicted octanol–water partition coefficient (Wildman–Crippen LogP) is 0.0629. The Morgan fingerprint density at radius 3 is 2.06 bits per heavy atom. The van der Waals surface area contributed by atoms with Crippen LogP contribution in [0.5, 0.6) is 0 Å². The van der Waals surface area contributed by atoms with E-state index in [9.17, 15) is 13.2 Å². The van der Waals surface area contributed by atoms with Crippen LogP contribution < -0.4 is 0 Å². The Morgan fingerprint density at radius 1 is 1.17 bits per heavy atom. The number of hydrogen-bond acceptors (Lipinski definition) is 4. The Morgan fingerprint density at radius 2 is 1.67 bits per heavy atom. The molecule has 0 aromatic rings. The van der Waals surface area contributed by atoms with E-state index < -0.39 is 21.2 Å². The molecule has 0 aliphatic carbocycles. The first-order valence-electron chi connectivity index (χ1n) is 6.19. The summed E-state index contributed by atoms with van der Waals surface area (Å²) in [6.45, 7) is 8.51. The minimum atomic E-state index is -3.71. The lowest BCUT2D eigenvalue weighted by Crippen LogP contribution is -2.52. The second kappa shape index (κ2) is 5.99. The molecule has 0 aromatic heterocycles. The number of rotatable bonds is 5. The van der Waals surface area contributed by atoms with Crippen LogP contribution in [0.1, 0.15) is 20.8 Å². The zero-order chi connectivity index (χ0) is 13.9. The van der Waals surface area contributed by atoms with E-state index in [1.54, 1.807) is 0 Å². The number of nitrogens with zero attached hydrogens (tertiary/aromatic N) is 2. The molecule has 6 nitrogen and oxygen atoms in total. The quantitative estimate of drug-likeness (QED) is 0.769. The molecule has 0 aromatic carbocycles. The van der Waals surface area contributed by atoms with E-state index in [1.165, 1.54) is 11.2 Å². The molecular formula is C11H22N2O4S. The van der Waals surface area contributed by atoms with E-state index in [-0.39, 0.29) is 0 Å². The molecule has 18 heavy (non-hydrogen) atoms. The summed E-state index contributed by atoms with van der Waals surface area (Å²) in [5.41, 5.74) is 0. The molecule has 1 aliphatic heterocycles. The third-order valence-electron chi connectivity index (χ3n) is 3.11. The summed E-state index contributed by atoms with van der Waals surface area (Å²) in [5, 5.41) is 7.44. The van der Waals surface area contributed by atoms with Crippen molar-refractivity contribution >= 4 is 16.0 Å². The standard InChI is InChI=1S/C11H22N2O4S/c1-9(2)8-12-4-6-13(7-5-12)18(16,17)10(3)11(14)15/h9-10H,4-8H2,1-3H3,(H,14,15). The highest BCUT2D eigenvalue weighted by molar-refractivity contribution is 7.90. The lowest BCUT2D eigenvalue weighted by molar-refractivity contribution is -0.136. The van der Waals surface area contributed by atoms with Crippen LogP contribution in [-0.2, 0) is 14.8 Å². The van der Waals surface area contributed by atoms with Gasteiger partial charge in [0, 0.05) is 32.7 Å². The molecule has 1 atom stereocenters. The molecule has 1 heterocycles. The van der Waals surface area contributed by atoms with Crippen molar-refractivity contribution in [3.05, 3.63) is 0 Å². The van der Waals surface area contributed by atoms with Gasteiger partial charge in [0.1, 0.15) is 0 Å². The fourth-order valence-electron chi connectivity index (χ4n) is 2.03. The van der Waals surface area contributed by atoms with E-state index in [1.807, 2.05) is 0 Å². The number of aliphatic carboxylic acids is 1. The monoisotopic (exact) mass is 278 g/mol. The summed E-state index contributed by atoms with van der Waals surface area (Å²) in [6.07, 6.45) is 0. The average molecular weight is 278 g/mol. The Labute approximate surface area is 109 Å². The summed E-state index contributed by atoms with van der Waals surface area (Å²) >= 11 is 0. The van der Waals surface area contributed by atoms with Gasteiger partial charge < -0.3 is 10.0 Å². The van der Waals surface area contributed by atoms with Gasteiger partial charge in [0.25, 0.3) is 0 Å². The Kier molecular flexibility index (Phi) is 5.12. The summed E-state index contributed by atoms with van der Waals surface area (Å²) in [5.74, 6) is -0.745. The first-order valence-corrected chi connectivity index (χ1v) is 7.69. The molecule has 1 saturated heterocycles. The topological polar surface area (TPSA) is 77.9 Å². The fraction of sp³-hybridized carbons (Fsp3) is 0.909. The van der Waals surface area contributed by atoms with Gasteiger partial charge in [-0.2, -0.15) is 4.31 Å². The summed E-state index contributed by atoms with van der Waals surface area (Å²) in [4.78, 5) is 13.0. The maximum atomic E-state index is 12.0. The third-order valence-corrected chi connectivity index (χ3v) is 5.29. The first-order chi connectivity index (χ1) is 8.25. The average Bonchev–Trinajstić information content (AvgIpc) is 2.27. The van der Waals surface area contributed by atoms with Crippen LogP contribution in [0.3, 0.4) is 0 Å². The van der Waals surface area contributed by atoms with Crippen LogP contribution in [0.2, 0.25) is 0 Å². The molecule has 0 amide bonds. The van der Waals surface area contributed by atoms with Crippen molar-refractivity contribution in [3.8, 4) is 0 Å². The molecule has 7 heteroatoms. The molecule has 0 bridgehead atoms. The first kappa shape index (κ1) is 15.4. The van der Waals surface area contributed by atoms with Crippen molar-refractivity contribution in [2.45, 2.75) is 26.0 Å². The van der Waals surface area contributed by atoms with Gasteiger partial charge in [-0.15, -0.1) is 0 Å². The highest BCUT2D eigenvalue weighted by Crippen LogP contribution is 2.13. The number of sulfonamides is 1. The summed E-state index contributed by atoms with van der Waals surface area (Å²) in [6, 6.07) is 0. The molecule has 106 valence electrons. The number of carboxylic acids is 1. The predicted molar refractivity (Wildman–Crippen MR) is 68.9 cm³/mol. The minimum absolute atomic E-state index is 0.382. The summed E-state index contributed by atoms with van der Waals surface area (Å²) < 4.78 is 25.3. The number of piperazine rings is 1. The Balaban J connectivity index is 2.60.